The van der Waals surface area contributed by atoms with Gasteiger partial charge in [0, 0.05) is 0 Å². The Balaban J connectivity index is 2.89. The molecular formula is C12H15NO4S. The first kappa shape index (κ1) is 14.5. The highest BCUT2D eigenvalue weighted by Crippen LogP contribution is 2.18. The zero-order chi connectivity index (χ0) is 13.7. The van der Waals surface area contributed by atoms with E-state index in [0.29, 0.717) is 11.8 Å². The second kappa shape index (κ2) is 6.42. The van der Waals surface area contributed by atoms with E-state index >= 15 is 0 Å². The Kier molecular flexibility index (Phi) is 5.18. The first-order valence-corrected chi connectivity index (χ1v) is 6.48. The third-order valence-corrected chi connectivity index (χ3v) is 3.47. The van der Waals surface area contributed by atoms with Crippen LogP contribution < -0.4 is 0 Å². The summed E-state index contributed by atoms with van der Waals surface area (Å²) >= 11 is -1.76. The maximum Gasteiger partial charge on any atom is 0.451 e. The molecule has 0 aliphatic heterocycles. The van der Waals surface area contributed by atoms with Crippen LogP contribution in [0.25, 0.3) is 0 Å². The lowest BCUT2D eigenvalue weighted by Gasteiger charge is -2.21. The van der Waals surface area contributed by atoms with Crippen LogP contribution >= 0.6 is 0 Å². The third-order valence-electron chi connectivity index (χ3n) is 2.08. The monoisotopic (exact) mass is 269 g/mol. The lowest BCUT2D eigenvalue weighted by molar-refractivity contribution is 0.101. The van der Waals surface area contributed by atoms with Gasteiger partial charge in [0.05, 0.1) is 18.7 Å². The molecule has 1 aromatic rings. The second-order valence-corrected chi connectivity index (χ2v) is 5.32. The molecule has 0 aliphatic rings. The number of ether oxygens (including phenoxy) is 1. The largest absolute Gasteiger partial charge is 0.588 e. The molecule has 18 heavy (non-hydrogen) atoms. The van der Waals surface area contributed by atoms with Crippen LogP contribution in [0.3, 0.4) is 0 Å². The molecule has 0 bridgehead atoms. The molecule has 0 aromatic heterocycles. The van der Waals surface area contributed by atoms with Crippen molar-refractivity contribution in [1.29, 1.82) is 0 Å². The zero-order valence-electron chi connectivity index (χ0n) is 10.5. The van der Waals surface area contributed by atoms with Gasteiger partial charge in [-0.05, 0) is 26.0 Å². The van der Waals surface area contributed by atoms with Gasteiger partial charge in [0.2, 0.25) is 0 Å². The third kappa shape index (κ3) is 3.48. The number of hydrogen-bond acceptors (Lipinski definition) is 4. The molecule has 0 aliphatic carbocycles. The maximum atomic E-state index is 12.1. The van der Waals surface area contributed by atoms with Gasteiger partial charge in [-0.15, -0.1) is 4.31 Å². The van der Waals surface area contributed by atoms with Crippen molar-refractivity contribution < 1.29 is 18.9 Å². The quantitative estimate of drug-likeness (QED) is 0.619. The number of carbonyl (C=O) groups excluding carboxylic acids is 2. The summed E-state index contributed by atoms with van der Waals surface area (Å²) in [7, 11) is 1.36. The molecule has 1 atom stereocenters. The number of benzene rings is 1. The van der Waals surface area contributed by atoms with Crippen LogP contribution in [0.5, 0.6) is 0 Å². The molecule has 0 N–H and O–H groups in total. The standard InChI is InChI=1S/C12H15NO4S/c1-9(2)17-12(15)13(3)18(16)11-7-5-4-6-10(11)8-14/h4-9H,1-3H3. The Labute approximate surface area is 109 Å². The Bertz CT molecular complexity index is 436. The van der Waals surface area contributed by atoms with Crippen molar-refractivity contribution in [1.82, 2.24) is 4.31 Å². The van der Waals surface area contributed by atoms with Crippen molar-refractivity contribution in [3.8, 4) is 0 Å². The number of nitrogens with zero attached hydrogens (tertiary/aromatic N) is 1. The van der Waals surface area contributed by atoms with E-state index in [1.165, 1.54) is 7.05 Å². The predicted molar refractivity (Wildman–Crippen MR) is 67.6 cm³/mol. The molecule has 5 nitrogen and oxygen atoms in total. The Hall–Kier alpha value is -1.53. The van der Waals surface area contributed by atoms with E-state index < -0.39 is 17.5 Å². The van der Waals surface area contributed by atoms with Gasteiger partial charge in [-0.2, -0.15) is 0 Å². The SMILES string of the molecule is CC(C)OC(=O)N(C)[S+]([O-])c1ccccc1C=O. The van der Waals surface area contributed by atoms with Crippen LogP contribution in [0, 0.1) is 0 Å². The molecule has 0 fully saturated rings. The van der Waals surface area contributed by atoms with Gasteiger partial charge in [-0.3, -0.25) is 4.79 Å². The first-order chi connectivity index (χ1) is 8.47. The summed E-state index contributed by atoms with van der Waals surface area (Å²) in [6.45, 7) is 3.40. The molecule has 0 saturated carbocycles. The number of amides is 1. The fraction of sp³-hybridized carbons (Fsp3) is 0.333. The van der Waals surface area contributed by atoms with Crippen molar-refractivity contribution in [2.75, 3.05) is 7.05 Å². The molecule has 0 heterocycles. The highest BCUT2D eigenvalue weighted by molar-refractivity contribution is 7.89. The van der Waals surface area contributed by atoms with E-state index in [4.69, 9.17) is 4.74 Å². The summed E-state index contributed by atoms with van der Waals surface area (Å²) in [5, 5.41) is 0. The van der Waals surface area contributed by atoms with Gasteiger partial charge < -0.3 is 9.29 Å². The molecule has 1 amide bonds. The van der Waals surface area contributed by atoms with E-state index in [1.807, 2.05) is 0 Å². The van der Waals surface area contributed by atoms with Crippen LogP contribution in [0.4, 0.5) is 4.79 Å². The van der Waals surface area contributed by atoms with Gasteiger partial charge >= 0.3 is 6.09 Å². The van der Waals surface area contributed by atoms with Gasteiger partial charge in [0.1, 0.15) is 11.4 Å². The summed E-state index contributed by atoms with van der Waals surface area (Å²) in [5.41, 5.74) is 0.292. The summed E-state index contributed by atoms with van der Waals surface area (Å²) in [5.74, 6) is 0. The molecule has 1 aromatic carbocycles. The first-order valence-electron chi connectivity index (χ1n) is 5.37. The van der Waals surface area contributed by atoms with Crippen molar-refractivity contribution in [2.45, 2.75) is 24.8 Å². The molecule has 98 valence electrons. The van der Waals surface area contributed by atoms with Crippen molar-refractivity contribution in [3.63, 3.8) is 0 Å². The molecule has 0 radical (unpaired) electrons. The topological polar surface area (TPSA) is 69.7 Å². The highest BCUT2D eigenvalue weighted by atomic mass is 32.2. The van der Waals surface area contributed by atoms with Crippen molar-refractivity contribution in [2.24, 2.45) is 0 Å². The van der Waals surface area contributed by atoms with Crippen LogP contribution in [0.15, 0.2) is 29.2 Å². The van der Waals surface area contributed by atoms with Gasteiger partial charge in [0.25, 0.3) is 0 Å². The zero-order valence-corrected chi connectivity index (χ0v) is 11.3. The average Bonchev–Trinajstić information content (AvgIpc) is 2.36. The second-order valence-electron chi connectivity index (χ2n) is 3.83. The molecule has 0 saturated heterocycles. The Morgan fingerprint density at radius 2 is 2.06 bits per heavy atom. The highest BCUT2D eigenvalue weighted by Gasteiger charge is 2.28. The van der Waals surface area contributed by atoms with Crippen LogP contribution in [0.2, 0.25) is 0 Å². The van der Waals surface area contributed by atoms with E-state index in [1.54, 1.807) is 38.1 Å². The smallest absolute Gasteiger partial charge is 0.451 e. The fourth-order valence-electron chi connectivity index (χ4n) is 1.23. The molecule has 1 rings (SSSR count). The van der Waals surface area contributed by atoms with Crippen LogP contribution in [0.1, 0.15) is 24.2 Å². The summed E-state index contributed by atoms with van der Waals surface area (Å²) < 4.78 is 18.0. The number of aldehydes is 1. The van der Waals surface area contributed by atoms with Gasteiger partial charge in [-0.25, -0.2) is 4.79 Å². The average molecular weight is 269 g/mol. The number of hydrogen-bond donors (Lipinski definition) is 0. The summed E-state index contributed by atoms with van der Waals surface area (Å²) in [6.07, 6.45) is -0.378. The van der Waals surface area contributed by atoms with E-state index in [0.717, 1.165) is 4.31 Å². The molecule has 1 unspecified atom stereocenters. The van der Waals surface area contributed by atoms with E-state index in [2.05, 4.69) is 0 Å². The van der Waals surface area contributed by atoms with Crippen LogP contribution in [-0.2, 0) is 16.1 Å². The lowest BCUT2D eigenvalue weighted by Crippen LogP contribution is -2.35. The minimum atomic E-state index is -1.76. The maximum absolute atomic E-state index is 12.1. The summed E-state index contributed by atoms with van der Waals surface area (Å²) in [4.78, 5) is 22.7. The Morgan fingerprint density at radius 1 is 1.44 bits per heavy atom. The van der Waals surface area contributed by atoms with Crippen molar-refractivity contribution >= 4 is 23.7 Å². The molecule has 0 spiro atoms. The van der Waals surface area contributed by atoms with Crippen molar-refractivity contribution in [3.05, 3.63) is 29.8 Å². The minimum Gasteiger partial charge on any atom is -0.588 e. The van der Waals surface area contributed by atoms with E-state index in [-0.39, 0.29) is 11.0 Å². The predicted octanol–water partition coefficient (Wildman–Crippen LogP) is 2.00. The summed E-state index contributed by atoms with van der Waals surface area (Å²) in [6, 6.07) is 6.40. The number of rotatable bonds is 4. The molecule has 6 heteroatoms. The number of carbonyl (C=O) groups is 2. The minimum absolute atomic E-state index is 0.288. The van der Waals surface area contributed by atoms with Gasteiger partial charge in [0.15, 0.2) is 11.2 Å². The van der Waals surface area contributed by atoms with Crippen LogP contribution in [-0.4, -0.2) is 34.4 Å². The van der Waals surface area contributed by atoms with E-state index in [9.17, 15) is 14.1 Å². The lowest BCUT2D eigenvalue weighted by atomic mass is 10.2. The van der Waals surface area contributed by atoms with Gasteiger partial charge in [-0.1, -0.05) is 12.1 Å². The fourth-order valence-corrected chi connectivity index (χ4v) is 2.21. The molecular weight excluding hydrogens is 254 g/mol. The normalized spacial score (nSPS) is 12.1. The Morgan fingerprint density at radius 3 is 2.61 bits per heavy atom.